The molecule has 1 N–H and O–H groups in total. The normalized spacial score (nSPS) is 13.9. The first-order valence-electron chi connectivity index (χ1n) is 7.96. The van der Waals surface area contributed by atoms with Gasteiger partial charge in [0.1, 0.15) is 5.76 Å². The number of hydrogen-bond acceptors (Lipinski definition) is 4. The first-order chi connectivity index (χ1) is 11.2. The van der Waals surface area contributed by atoms with Gasteiger partial charge in [0.05, 0.1) is 24.1 Å². The van der Waals surface area contributed by atoms with Gasteiger partial charge in [-0.25, -0.2) is 0 Å². The average molecular weight is 307 g/mol. The molecule has 0 saturated carbocycles. The van der Waals surface area contributed by atoms with E-state index in [1.807, 2.05) is 12.1 Å². The summed E-state index contributed by atoms with van der Waals surface area (Å²) in [5, 5.41) is 3.05. The second kappa shape index (κ2) is 5.54. The lowest BCUT2D eigenvalue weighted by atomic mass is 9.88. The number of anilines is 1. The Balaban J connectivity index is 1.65. The third-order valence-corrected chi connectivity index (χ3v) is 4.57. The van der Waals surface area contributed by atoms with E-state index in [2.05, 4.69) is 17.4 Å². The number of benzene rings is 1. The predicted molar refractivity (Wildman–Crippen MR) is 89.5 cm³/mol. The van der Waals surface area contributed by atoms with Crippen LogP contribution in [0.25, 0.3) is 11.1 Å². The van der Waals surface area contributed by atoms with Gasteiger partial charge in [-0.1, -0.05) is 18.2 Å². The molecule has 1 aliphatic carbocycles. The van der Waals surface area contributed by atoms with Gasteiger partial charge in [0.15, 0.2) is 0 Å². The van der Waals surface area contributed by atoms with Crippen LogP contribution in [0.15, 0.2) is 50.6 Å². The quantitative estimate of drug-likeness (QED) is 0.753. The first-order valence-corrected chi connectivity index (χ1v) is 7.96. The van der Waals surface area contributed by atoms with E-state index in [1.165, 1.54) is 24.0 Å². The Labute approximate surface area is 133 Å². The monoisotopic (exact) mass is 307 g/mol. The van der Waals surface area contributed by atoms with Crippen LogP contribution < -0.4 is 16.2 Å². The van der Waals surface area contributed by atoms with Crippen LogP contribution in [0.2, 0.25) is 0 Å². The maximum atomic E-state index is 12.0. The highest BCUT2D eigenvalue weighted by Gasteiger charge is 2.23. The van der Waals surface area contributed by atoms with Gasteiger partial charge in [-0.15, -0.1) is 0 Å². The number of nitrogens with one attached hydrogen (secondary N) is 1. The molecule has 4 nitrogen and oxygen atoms in total. The van der Waals surface area contributed by atoms with Crippen LogP contribution in [0.1, 0.15) is 29.7 Å². The van der Waals surface area contributed by atoms with Gasteiger partial charge < -0.3 is 9.73 Å². The molecule has 0 amide bonds. The Kier molecular flexibility index (Phi) is 3.37. The smallest absolute Gasteiger partial charge is 0.250 e. The van der Waals surface area contributed by atoms with Gasteiger partial charge in [0, 0.05) is 0 Å². The van der Waals surface area contributed by atoms with E-state index in [-0.39, 0.29) is 0 Å². The highest BCUT2D eigenvalue weighted by Crippen LogP contribution is 2.29. The summed E-state index contributed by atoms with van der Waals surface area (Å²) >= 11 is 0. The molecule has 0 fully saturated rings. The summed E-state index contributed by atoms with van der Waals surface area (Å²) in [5.74, 6) is 0.731. The number of hydrogen-bond donors (Lipinski definition) is 1. The minimum Gasteiger partial charge on any atom is -0.467 e. The summed E-state index contributed by atoms with van der Waals surface area (Å²) in [4.78, 5) is 23.9. The minimum absolute atomic E-state index is 0.399. The summed E-state index contributed by atoms with van der Waals surface area (Å²) in [6, 6.07) is 9.75. The fraction of sp³-hybridized carbons (Fsp3) is 0.263. The predicted octanol–water partition coefficient (Wildman–Crippen LogP) is 3.03. The van der Waals surface area contributed by atoms with Crippen molar-refractivity contribution in [3.8, 4) is 11.1 Å². The lowest BCUT2D eigenvalue weighted by Crippen LogP contribution is -2.36. The van der Waals surface area contributed by atoms with E-state index in [0.717, 1.165) is 24.2 Å². The third-order valence-electron chi connectivity index (χ3n) is 4.57. The molecular weight excluding hydrogens is 290 g/mol. The summed E-state index contributed by atoms with van der Waals surface area (Å²) in [7, 11) is 0. The number of furan rings is 1. The minimum atomic E-state index is -0.440. The molecule has 0 bridgehead atoms. The largest absolute Gasteiger partial charge is 0.467 e. The zero-order chi connectivity index (χ0) is 15.8. The molecule has 0 atom stereocenters. The lowest BCUT2D eigenvalue weighted by molar-refractivity contribution is 0.518. The topological polar surface area (TPSA) is 59.3 Å². The van der Waals surface area contributed by atoms with Crippen molar-refractivity contribution in [2.45, 2.75) is 32.2 Å². The SMILES string of the molecule is O=c1c(NCc2ccco2)c(-c2ccc3c(c2)CCCC3)c1=O. The van der Waals surface area contributed by atoms with Crippen LogP contribution in [-0.2, 0) is 19.4 Å². The van der Waals surface area contributed by atoms with E-state index in [1.54, 1.807) is 12.3 Å². The van der Waals surface area contributed by atoms with Crippen molar-refractivity contribution >= 4 is 5.69 Å². The van der Waals surface area contributed by atoms with Crippen LogP contribution >= 0.6 is 0 Å². The first kappa shape index (κ1) is 14.0. The number of aryl methyl sites for hydroxylation is 2. The molecule has 3 aromatic rings. The van der Waals surface area contributed by atoms with Crippen molar-refractivity contribution in [1.29, 1.82) is 0 Å². The molecular formula is C19H17NO3. The van der Waals surface area contributed by atoms with Crippen LogP contribution in [0.4, 0.5) is 5.69 Å². The molecule has 1 aliphatic rings. The Bertz CT molecular complexity index is 915. The average Bonchev–Trinajstić information content (AvgIpc) is 3.10. The molecule has 116 valence electrons. The Morgan fingerprint density at radius 3 is 2.61 bits per heavy atom. The van der Waals surface area contributed by atoms with Gasteiger partial charge >= 0.3 is 0 Å². The zero-order valence-electron chi connectivity index (χ0n) is 12.7. The standard InChI is InChI=1S/C19H17NO3/c21-18-16(14-8-7-12-4-1-2-5-13(12)10-14)17(19(18)22)20-11-15-6-3-9-23-15/h3,6-10,20H,1-2,4-5,11H2. The van der Waals surface area contributed by atoms with E-state index < -0.39 is 10.9 Å². The third kappa shape index (κ3) is 2.40. The van der Waals surface area contributed by atoms with Crippen molar-refractivity contribution in [1.82, 2.24) is 0 Å². The Morgan fingerprint density at radius 2 is 1.83 bits per heavy atom. The molecule has 0 radical (unpaired) electrons. The summed E-state index contributed by atoms with van der Waals surface area (Å²) in [6.45, 7) is 0.399. The zero-order valence-corrected chi connectivity index (χ0v) is 12.7. The van der Waals surface area contributed by atoms with Gasteiger partial charge in [-0.05, 0) is 54.5 Å². The molecule has 0 saturated heterocycles. The van der Waals surface area contributed by atoms with Crippen molar-refractivity contribution < 1.29 is 4.42 Å². The van der Waals surface area contributed by atoms with E-state index in [4.69, 9.17) is 4.42 Å². The molecule has 2 aromatic carbocycles. The summed E-state index contributed by atoms with van der Waals surface area (Å²) in [6.07, 6.45) is 6.15. The van der Waals surface area contributed by atoms with Gasteiger partial charge in [0.25, 0.3) is 0 Å². The fourth-order valence-corrected chi connectivity index (χ4v) is 3.31. The van der Waals surface area contributed by atoms with E-state index >= 15 is 0 Å². The Hall–Kier alpha value is -2.62. The van der Waals surface area contributed by atoms with Crippen molar-refractivity contribution in [2.75, 3.05) is 5.32 Å². The van der Waals surface area contributed by atoms with E-state index in [0.29, 0.717) is 17.8 Å². The Morgan fingerprint density at radius 1 is 1.00 bits per heavy atom. The molecule has 1 aromatic heterocycles. The fourth-order valence-electron chi connectivity index (χ4n) is 3.31. The van der Waals surface area contributed by atoms with Crippen molar-refractivity contribution in [3.63, 3.8) is 0 Å². The molecule has 0 unspecified atom stereocenters. The molecule has 4 heteroatoms. The molecule has 4 rings (SSSR count). The number of fused-ring (bicyclic) bond motifs is 1. The van der Waals surface area contributed by atoms with Crippen LogP contribution in [0.5, 0.6) is 0 Å². The van der Waals surface area contributed by atoms with Gasteiger partial charge in [0.2, 0.25) is 10.9 Å². The van der Waals surface area contributed by atoms with Crippen LogP contribution in [0, 0.1) is 0 Å². The van der Waals surface area contributed by atoms with Crippen LogP contribution in [-0.4, -0.2) is 0 Å². The van der Waals surface area contributed by atoms with E-state index in [9.17, 15) is 9.59 Å². The number of rotatable bonds is 4. The van der Waals surface area contributed by atoms with Gasteiger partial charge in [-0.2, -0.15) is 0 Å². The second-order valence-electron chi connectivity index (χ2n) is 6.03. The maximum absolute atomic E-state index is 12.0. The van der Waals surface area contributed by atoms with Gasteiger partial charge in [-0.3, -0.25) is 9.59 Å². The maximum Gasteiger partial charge on any atom is 0.250 e. The molecule has 0 spiro atoms. The highest BCUT2D eigenvalue weighted by atomic mass is 16.3. The summed E-state index contributed by atoms with van der Waals surface area (Å²) in [5.41, 5.74) is 3.59. The highest BCUT2D eigenvalue weighted by molar-refractivity contribution is 5.82. The van der Waals surface area contributed by atoms with Crippen LogP contribution in [0.3, 0.4) is 0 Å². The lowest BCUT2D eigenvalue weighted by Gasteiger charge is -2.18. The van der Waals surface area contributed by atoms with Crippen molar-refractivity contribution in [2.24, 2.45) is 0 Å². The summed E-state index contributed by atoms with van der Waals surface area (Å²) < 4.78 is 5.25. The molecule has 1 heterocycles. The second-order valence-corrected chi connectivity index (χ2v) is 6.03. The molecule has 23 heavy (non-hydrogen) atoms. The molecule has 0 aliphatic heterocycles. The van der Waals surface area contributed by atoms with Crippen molar-refractivity contribution in [3.05, 3.63) is 73.9 Å².